The molecule has 0 radical (unpaired) electrons. The van der Waals surface area contributed by atoms with Gasteiger partial charge in [-0.2, -0.15) is 4.31 Å². The van der Waals surface area contributed by atoms with E-state index in [0.29, 0.717) is 28.0 Å². The van der Waals surface area contributed by atoms with Crippen molar-refractivity contribution >= 4 is 50.0 Å². The lowest BCUT2D eigenvalue weighted by atomic mass is 10.1. The van der Waals surface area contributed by atoms with Crippen molar-refractivity contribution in [3.63, 3.8) is 0 Å². The van der Waals surface area contributed by atoms with Gasteiger partial charge in [0.1, 0.15) is 22.8 Å². The van der Waals surface area contributed by atoms with Gasteiger partial charge in [0.15, 0.2) is 0 Å². The molecule has 0 saturated heterocycles. The summed E-state index contributed by atoms with van der Waals surface area (Å²) in [5.74, 6) is -0.0626. The Labute approximate surface area is 219 Å². The van der Waals surface area contributed by atoms with E-state index in [1.807, 2.05) is 31.2 Å². The number of aromatic nitrogens is 1. The van der Waals surface area contributed by atoms with Crippen molar-refractivity contribution in [1.29, 1.82) is 0 Å². The van der Waals surface area contributed by atoms with Crippen LogP contribution in [0, 0.1) is 6.92 Å². The number of para-hydroxylation sites is 1. The van der Waals surface area contributed by atoms with Crippen molar-refractivity contribution in [3.8, 4) is 5.75 Å². The number of primary amides is 1. The molecule has 186 valence electrons. The number of aryl methyl sites for hydroxylation is 1. The highest BCUT2D eigenvalue weighted by atomic mass is 35.5. The number of fused-ring (bicyclic) bond motifs is 1. The molecule has 0 fully saturated rings. The Morgan fingerprint density at radius 1 is 1.06 bits per heavy atom. The zero-order valence-electron chi connectivity index (χ0n) is 19.5. The first-order valence-corrected chi connectivity index (χ1v) is 13.1. The van der Waals surface area contributed by atoms with Crippen LogP contribution >= 0.6 is 23.2 Å². The topological polar surface area (TPSA) is 103 Å². The Balaban J connectivity index is 1.61. The van der Waals surface area contributed by atoms with Gasteiger partial charge in [-0.1, -0.05) is 53.5 Å². The maximum atomic E-state index is 13.4. The van der Waals surface area contributed by atoms with Crippen LogP contribution in [0.2, 0.25) is 10.0 Å². The van der Waals surface area contributed by atoms with Crippen LogP contribution in [-0.2, 0) is 23.2 Å². The molecule has 4 aromatic rings. The fraction of sp³-hybridized carbons (Fsp3) is 0.154. The van der Waals surface area contributed by atoms with Gasteiger partial charge in [0, 0.05) is 40.8 Å². The van der Waals surface area contributed by atoms with Crippen molar-refractivity contribution in [2.75, 3.05) is 7.05 Å². The van der Waals surface area contributed by atoms with Crippen LogP contribution in [0.1, 0.15) is 27.2 Å². The predicted molar refractivity (Wildman–Crippen MR) is 141 cm³/mol. The number of benzene rings is 3. The average molecular weight is 544 g/mol. The van der Waals surface area contributed by atoms with Gasteiger partial charge in [0.05, 0.1) is 5.02 Å². The standard InChI is InChI=1S/C26H23Cl2N3O4S/c1-16-9-10-18-6-4-8-22(25(18)30-16)35-15-20-21(27)11-12-23(24(20)28)36(33,34)31(2)14-17-5-3-7-19(13-17)26(29)32/h3-13H,14-15H2,1-2H3,(H2,29,32). The summed E-state index contributed by atoms with van der Waals surface area (Å²) in [6.07, 6.45) is 0. The molecule has 0 bridgehead atoms. The van der Waals surface area contributed by atoms with Crippen LogP contribution in [0.25, 0.3) is 10.9 Å². The lowest BCUT2D eigenvalue weighted by molar-refractivity contribution is 0.1000. The number of nitrogens with two attached hydrogens (primary N) is 1. The minimum atomic E-state index is -4.00. The fourth-order valence-corrected chi connectivity index (χ4v) is 5.74. The van der Waals surface area contributed by atoms with Crippen molar-refractivity contribution in [2.45, 2.75) is 25.0 Å². The summed E-state index contributed by atoms with van der Waals surface area (Å²) in [7, 11) is -2.58. The molecular formula is C26H23Cl2N3O4S. The van der Waals surface area contributed by atoms with E-state index in [1.54, 1.807) is 30.3 Å². The molecule has 4 rings (SSSR count). The molecule has 1 aromatic heterocycles. The number of pyridine rings is 1. The second kappa shape index (κ2) is 10.4. The van der Waals surface area contributed by atoms with Crippen LogP contribution in [0.15, 0.2) is 71.6 Å². The summed E-state index contributed by atoms with van der Waals surface area (Å²) in [6, 6.07) is 18.7. The smallest absolute Gasteiger partial charge is 0.248 e. The fourth-order valence-electron chi connectivity index (χ4n) is 3.72. The van der Waals surface area contributed by atoms with Gasteiger partial charge < -0.3 is 10.5 Å². The normalized spacial score (nSPS) is 11.7. The maximum Gasteiger partial charge on any atom is 0.248 e. The first-order valence-electron chi connectivity index (χ1n) is 10.9. The molecule has 2 N–H and O–H groups in total. The molecule has 0 atom stereocenters. The lowest BCUT2D eigenvalue weighted by Gasteiger charge is -2.20. The summed E-state index contributed by atoms with van der Waals surface area (Å²) >= 11 is 13.0. The number of nitrogens with zero attached hydrogens (tertiary/aromatic N) is 2. The van der Waals surface area contributed by atoms with Crippen LogP contribution in [0.3, 0.4) is 0 Å². The number of sulfonamides is 1. The van der Waals surface area contributed by atoms with E-state index in [2.05, 4.69) is 4.98 Å². The maximum absolute atomic E-state index is 13.4. The number of amides is 1. The van der Waals surface area contributed by atoms with Crippen molar-refractivity contribution in [3.05, 3.63) is 99.2 Å². The van der Waals surface area contributed by atoms with E-state index < -0.39 is 15.9 Å². The third kappa shape index (κ3) is 5.32. The number of carbonyl (C=O) groups excluding carboxylic acids is 1. The molecule has 1 amide bonds. The zero-order valence-corrected chi connectivity index (χ0v) is 21.9. The Kier molecular flexibility index (Phi) is 7.51. The molecule has 0 aliphatic heterocycles. The highest BCUT2D eigenvalue weighted by Crippen LogP contribution is 2.34. The van der Waals surface area contributed by atoms with Gasteiger partial charge >= 0.3 is 0 Å². The predicted octanol–water partition coefficient (Wildman–Crippen LogP) is 5.35. The van der Waals surface area contributed by atoms with E-state index in [4.69, 9.17) is 33.7 Å². The van der Waals surface area contributed by atoms with E-state index in [9.17, 15) is 13.2 Å². The third-order valence-electron chi connectivity index (χ3n) is 5.65. The third-order valence-corrected chi connectivity index (χ3v) is 8.39. The highest BCUT2D eigenvalue weighted by molar-refractivity contribution is 7.89. The molecular weight excluding hydrogens is 521 g/mol. The largest absolute Gasteiger partial charge is 0.487 e. The van der Waals surface area contributed by atoms with E-state index in [0.717, 1.165) is 15.4 Å². The van der Waals surface area contributed by atoms with Gasteiger partial charge in [-0.05, 0) is 48.9 Å². The highest BCUT2D eigenvalue weighted by Gasteiger charge is 2.26. The summed E-state index contributed by atoms with van der Waals surface area (Å²) in [5.41, 5.74) is 8.09. The van der Waals surface area contributed by atoms with Crippen LogP contribution in [0.5, 0.6) is 5.75 Å². The van der Waals surface area contributed by atoms with Gasteiger partial charge in [-0.25, -0.2) is 13.4 Å². The molecule has 36 heavy (non-hydrogen) atoms. The van der Waals surface area contributed by atoms with Crippen LogP contribution in [-0.4, -0.2) is 30.7 Å². The lowest BCUT2D eigenvalue weighted by Crippen LogP contribution is -2.27. The summed E-state index contributed by atoms with van der Waals surface area (Å²) in [4.78, 5) is 15.9. The zero-order chi connectivity index (χ0) is 26.0. The van der Waals surface area contributed by atoms with Crippen LogP contribution in [0.4, 0.5) is 0 Å². The summed E-state index contributed by atoms with van der Waals surface area (Å²) in [5, 5.41) is 1.17. The average Bonchev–Trinajstić information content (AvgIpc) is 2.84. The molecule has 3 aromatic carbocycles. The molecule has 0 aliphatic carbocycles. The molecule has 0 spiro atoms. The molecule has 1 heterocycles. The minimum absolute atomic E-state index is 0.00919. The first kappa shape index (κ1) is 25.9. The number of hydrogen-bond acceptors (Lipinski definition) is 5. The number of ether oxygens (including phenoxy) is 1. The van der Waals surface area contributed by atoms with E-state index in [-0.39, 0.29) is 28.1 Å². The number of rotatable bonds is 8. The van der Waals surface area contributed by atoms with E-state index >= 15 is 0 Å². The molecule has 0 unspecified atom stereocenters. The van der Waals surface area contributed by atoms with Gasteiger partial charge in [0.25, 0.3) is 0 Å². The number of hydrogen-bond donors (Lipinski definition) is 1. The minimum Gasteiger partial charge on any atom is -0.487 e. The van der Waals surface area contributed by atoms with Crippen molar-refractivity contribution in [1.82, 2.24) is 9.29 Å². The Hall–Kier alpha value is -3.17. The first-order chi connectivity index (χ1) is 17.1. The van der Waals surface area contributed by atoms with Gasteiger partial charge in [0.2, 0.25) is 15.9 Å². The van der Waals surface area contributed by atoms with Crippen LogP contribution < -0.4 is 10.5 Å². The molecule has 0 aliphatic rings. The molecule has 0 saturated carbocycles. The van der Waals surface area contributed by atoms with Gasteiger partial charge in [-0.3, -0.25) is 4.79 Å². The van der Waals surface area contributed by atoms with Crippen molar-refractivity contribution < 1.29 is 17.9 Å². The van der Waals surface area contributed by atoms with Gasteiger partial charge in [-0.15, -0.1) is 0 Å². The Bertz CT molecular complexity index is 1580. The Morgan fingerprint density at radius 3 is 2.56 bits per heavy atom. The summed E-state index contributed by atoms with van der Waals surface area (Å²) in [6.45, 7) is 1.84. The quantitative estimate of drug-likeness (QED) is 0.322. The number of halogens is 2. The van der Waals surface area contributed by atoms with Crippen molar-refractivity contribution in [2.24, 2.45) is 5.73 Å². The number of carbonyl (C=O) groups is 1. The molecule has 7 nitrogen and oxygen atoms in total. The second-order valence-electron chi connectivity index (χ2n) is 8.23. The molecule has 10 heteroatoms. The SMILES string of the molecule is Cc1ccc2cccc(OCc3c(Cl)ccc(S(=O)(=O)N(C)Cc4cccc(C(N)=O)c4)c3Cl)c2n1. The van der Waals surface area contributed by atoms with E-state index in [1.165, 1.54) is 19.2 Å². The monoisotopic (exact) mass is 543 g/mol. The summed E-state index contributed by atoms with van der Waals surface area (Å²) < 4.78 is 33.9. The Morgan fingerprint density at radius 2 is 1.81 bits per heavy atom. The second-order valence-corrected chi connectivity index (χ2v) is 11.0.